The van der Waals surface area contributed by atoms with Gasteiger partial charge in [-0.05, 0) is 29.1 Å². The summed E-state index contributed by atoms with van der Waals surface area (Å²) in [7, 11) is 0. The van der Waals surface area contributed by atoms with Crippen molar-refractivity contribution in [3.63, 3.8) is 0 Å². The second-order valence-electron chi connectivity index (χ2n) is 6.54. The molecule has 0 spiro atoms. The van der Waals surface area contributed by atoms with E-state index in [0.29, 0.717) is 17.8 Å². The molecule has 0 bridgehead atoms. The predicted octanol–water partition coefficient (Wildman–Crippen LogP) is 3.21. The molecule has 7 heteroatoms. The summed E-state index contributed by atoms with van der Waals surface area (Å²) in [6.45, 7) is 5.44. The number of para-hydroxylation sites is 1. The standard InChI is InChI=1S/C19H17N3O4.C2H6/c1-19(25)11-22(18(24)26-19)16-7-6-12(10-20-16)8-14-9-13-4-2-3-5-15(13)21-17(14)23;1-2/h2-7,9-10,25H,8,11H2,1H3,(H,21,23);1-2H3. The van der Waals surface area contributed by atoms with E-state index in [2.05, 4.69) is 9.97 Å². The smallest absolute Gasteiger partial charge is 0.415 e. The number of nitrogens with zero attached hydrogens (tertiary/aromatic N) is 2. The Bertz CT molecular complexity index is 1040. The van der Waals surface area contributed by atoms with Crippen LogP contribution in [-0.4, -0.2) is 33.5 Å². The average Bonchev–Trinajstić information content (AvgIpc) is 2.97. The van der Waals surface area contributed by atoms with Gasteiger partial charge in [0.05, 0.1) is 6.54 Å². The minimum absolute atomic E-state index is 0.0164. The Balaban J connectivity index is 0.00000109. The lowest BCUT2D eigenvalue weighted by Crippen LogP contribution is -2.31. The van der Waals surface area contributed by atoms with Crippen LogP contribution >= 0.6 is 0 Å². The number of amides is 1. The fraction of sp³-hybridized carbons (Fsp3) is 0.286. The summed E-state index contributed by atoms with van der Waals surface area (Å²) in [6, 6.07) is 13.0. The number of carbonyl (C=O) groups is 1. The van der Waals surface area contributed by atoms with Crippen molar-refractivity contribution >= 4 is 22.8 Å². The van der Waals surface area contributed by atoms with Crippen molar-refractivity contribution in [3.8, 4) is 0 Å². The van der Waals surface area contributed by atoms with E-state index >= 15 is 0 Å². The van der Waals surface area contributed by atoms with E-state index in [1.54, 1.807) is 18.3 Å². The molecular weight excluding hydrogens is 358 g/mol. The monoisotopic (exact) mass is 381 g/mol. The minimum atomic E-state index is -1.52. The van der Waals surface area contributed by atoms with Gasteiger partial charge in [-0.2, -0.15) is 0 Å². The summed E-state index contributed by atoms with van der Waals surface area (Å²) in [4.78, 5) is 32.5. The quantitative estimate of drug-likeness (QED) is 0.726. The molecule has 4 rings (SSSR count). The fourth-order valence-electron chi connectivity index (χ4n) is 3.03. The van der Waals surface area contributed by atoms with Crippen molar-refractivity contribution in [2.24, 2.45) is 0 Å². The maximum atomic E-state index is 12.3. The highest BCUT2D eigenvalue weighted by Crippen LogP contribution is 2.24. The predicted molar refractivity (Wildman–Crippen MR) is 107 cm³/mol. The van der Waals surface area contributed by atoms with Crippen LogP contribution in [0.15, 0.2) is 53.5 Å². The molecule has 2 aromatic heterocycles. The van der Waals surface area contributed by atoms with E-state index in [-0.39, 0.29) is 12.1 Å². The number of aromatic amines is 1. The molecule has 1 fully saturated rings. The van der Waals surface area contributed by atoms with Crippen LogP contribution in [0.25, 0.3) is 10.9 Å². The largest absolute Gasteiger partial charge is 0.418 e. The van der Waals surface area contributed by atoms with E-state index < -0.39 is 11.9 Å². The summed E-state index contributed by atoms with van der Waals surface area (Å²) in [6.07, 6.45) is 1.40. The van der Waals surface area contributed by atoms with Gasteiger partial charge in [-0.15, -0.1) is 0 Å². The van der Waals surface area contributed by atoms with E-state index in [1.165, 1.54) is 11.8 Å². The van der Waals surface area contributed by atoms with Crippen LogP contribution in [0, 0.1) is 0 Å². The van der Waals surface area contributed by atoms with Crippen molar-refractivity contribution in [2.45, 2.75) is 33.0 Å². The maximum Gasteiger partial charge on any atom is 0.418 e. The van der Waals surface area contributed by atoms with Crippen LogP contribution in [0.5, 0.6) is 0 Å². The zero-order valence-corrected chi connectivity index (χ0v) is 16.1. The van der Waals surface area contributed by atoms with Crippen LogP contribution in [0.3, 0.4) is 0 Å². The number of aromatic nitrogens is 2. The summed E-state index contributed by atoms with van der Waals surface area (Å²) in [5.41, 5.74) is 2.15. The van der Waals surface area contributed by atoms with E-state index in [9.17, 15) is 14.7 Å². The highest BCUT2D eigenvalue weighted by molar-refractivity contribution is 5.88. The van der Waals surface area contributed by atoms with Gasteiger partial charge in [0.15, 0.2) is 0 Å². The van der Waals surface area contributed by atoms with Gasteiger partial charge < -0.3 is 14.8 Å². The van der Waals surface area contributed by atoms with E-state index in [1.807, 2.05) is 44.2 Å². The number of H-pyrrole nitrogens is 1. The van der Waals surface area contributed by atoms with Gasteiger partial charge in [-0.1, -0.05) is 38.1 Å². The summed E-state index contributed by atoms with van der Waals surface area (Å²) >= 11 is 0. The number of aliphatic hydroxyl groups is 1. The van der Waals surface area contributed by atoms with Gasteiger partial charge in [0.2, 0.25) is 5.79 Å². The number of β-amino-alcohol motifs (C(OH)–C–C–N with tert-alkyl or cyclic N) is 1. The van der Waals surface area contributed by atoms with Gasteiger partial charge in [0.1, 0.15) is 5.82 Å². The molecule has 7 nitrogen and oxygen atoms in total. The second-order valence-corrected chi connectivity index (χ2v) is 6.54. The molecule has 1 unspecified atom stereocenters. The molecule has 0 radical (unpaired) electrons. The molecule has 28 heavy (non-hydrogen) atoms. The molecule has 1 aliphatic heterocycles. The van der Waals surface area contributed by atoms with Crippen LogP contribution in [-0.2, 0) is 11.2 Å². The Morgan fingerprint density at radius 3 is 2.61 bits per heavy atom. The van der Waals surface area contributed by atoms with Crippen molar-refractivity contribution in [3.05, 3.63) is 70.1 Å². The highest BCUT2D eigenvalue weighted by Gasteiger charge is 2.41. The molecule has 1 saturated heterocycles. The molecular formula is C21H23N3O4. The Morgan fingerprint density at radius 1 is 1.21 bits per heavy atom. The third kappa shape index (κ3) is 4.04. The van der Waals surface area contributed by atoms with Crippen molar-refractivity contribution in [1.82, 2.24) is 9.97 Å². The Morgan fingerprint density at radius 2 is 1.96 bits per heavy atom. The first-order valence-electron chi connectivity index (χ1n) is 9.20. The topological polar surface area (TPSA) is 95.5 Å². The fourth-order valence-corrected chi connectivity index (χ4v) is 3.03. The van der Waals surface area contributed by atoms with Crippen molar-refractivity contribution < 1.29 is 14.6 Å². The third-order valence-corrected chi connectivity index (χ3v) is 4.29. The van der Waals surface area contributed by atoms with Gasteiger partial charge in [0, 0.05) is 30.6 Å². The number of hydrogen-bond acceptors (Lipinski definition) is 5. The molecule has 1 aromatic carbocycles. The molecule has 1 aliphatic rings. The number of pyridine rings is 2. The van der Waals surface area contributed by atoms with Crippen LogP contribution in [0.4, 0.5) is 10.6 Å². The Hall–Kier alpha value is -3.19. The molecule has 0 saturated carbocycles. The number of fused-ring (bicyclic) bond motifs is 1. The van der Waals surface area contributed by atoms with Crippen molar-refractivity contribution in [1.29, 1.82) is 0 Å². The third-order valence-electron chi connectivity index (χ3n) is 4.29. The maximum absolute atomic E-state index is 12.3. The van der Waals surface area contributed by atoms with Gasteiger partial charge >= 0.3 is 6.09 Å². The lowest BCUT2D eigenvalue weighted by molar-refractivity contribution is -0.113. The highest BCUT2D eigenvalue weighted by atomic mass is 16.7. The SMILES string of the molecule is CC.CC1(O)CN(c2ccc(Cc3cc4ccccc4[nH]c3=O)cn2)C(=O)O1. The summed E-state index contributed by atoms with van der Waals surface area (Å²) in [5.74, 6) is -1.13. The summed E-state index contributed by atoms with van der Waals surface area (Å²) < 4.78 is 4.86. The second kappa shape index (κ2) is 7.82. The van der Waals surface area contributed by atoms with Gasteiger partial charge in [-0.25, -0.2) is 9.78 Å². The molecule has 0 aliphatic carbocycles. The molecule has 1 atom stereocenters. The lowest BCUT2D eigenvalue weighted by atomic mass is 10.1. The number of nitrogens with one attached hydrogen (secondary N) is 1. The Labute approximate surface area is 162 Å². The number of cyclic esters (lactones) is 1. The molecule has 146 valence electrons. The number of hydrogen-bond donors (Lipinski definition) is 2. The van der Waals surface area contributed by atoms with Crippen LogP contribution in [0.1, 0.15) is 31.9 Å². The van der Waals surface area contributed by atoms with E-state index in [0.717, 1.165) is 16.5 Å². The van der Waals surface area contributed by atoms with Gasteiger partial charge in [0.25, 0.3) is 5.56 Å². The number of carbonyl (C=O) groups excluding carboxylic acids is 1. The first-order valence-corrected chi connectivity index (χ1v) is 9.20. The molecule has 1 amide bonds. The van der Waals surface area contributed by atoms with Gasteiger partial charge in [-0.3, -0.25) is 9.69 Å². The zero-order valence-electron chi connectivity index (χ0n) is 16.1. The normalized spacial score (nSPS) is 18.6. The first kappa shape index (κ1) is 19.6. The van der Waals surface area contributed by atoms with Crippen LogP contribution < -0.4 is 10.5 Å². The Kier molecular flexibility index (Phi) is 5.46. The number of ether oxygens (including phenoxy) is 1. The molecule has 3 heterocycles. The van der Waals surface area contributed by atoms with Crippen LogP contribution in [0.2, 0.25) is 0 Å². The first-order chi connectivity index (χ1) is 13.4. The minimum Gasteiger partial charge on any atom is -0.415 e. The number of rotatable bonds is 3. The molecule has 3 aromatic rings. The van der Waals surface area contributed by atoms with E-state index in [4.69, 9.17) is 4.74 Å². The number of anilines is 1. The number of benzene rings is 1. The molecule has 2 N–H and O–H groups in total. The summed E-state index contributed by atoms with van der Waals surface area (Å²) in [5, 5.41) is 10.8. The zero-order chi connectivity index (χ0) is 20.3. The lowest BCUT2D eigenvalue weighted by Gasteiger charge is -2.14. The average molecular weight is 381 g/mol. The van der Waals surface area contributed by atoms with Crippen molar-refractivity contribution in [2.75, 3.05) is 11.4 Å².